The molecule has 26 heavy (non-hydrogen) atoms. The van der Waals surface area contributed by atoms with Gasteiger partial charge in [-0.3, -0.25) is 14.3 Å². The molecular formula is C16H24N4O4S2. The van der Waals surface area contributed by atoms with Gasteiger partial charge in [0.25, 0.3) is 5.24 Å². The summed E-state index contributed by atoms with van der Waals surface area (Å²) < 4.78 is 25.3. The van der Waals surface area contributed by atoms with Gasteiger partial charge in [0.1, 0.15) is 6.54 Å². The lowest BCUT2D eigenvalue weighted by Crippen LogP contribution is -2.38. The number of rotatable bonds is 5. The first-order valence-electron chi connectivity index (χ1n) is 8.58. The number of hydrogen-bond acceptors (Lipinski definition) is 6. The molecule has 2 aliphatic heterocycles. The molecule has 2 fully saturated rings. The molecule has 8 nitrogen and oxygen atoms in total. The molecule has 0 bridgehead atoms. The molecule has 144 valence electrons. The first-order chi connectivity index (χ1) is 12.2. The molecule has 1 aromatic rings. The highest BCUT2D eigenvalue weighted by Gasteiger charge is 2.32. The van der Waals surface area contributed by atoms with E-state index in [0.717, 1.165) is 22.7 Å². The van der Waals surface area contributed by atoms with E-state index in [1.807, 2.05) is 13.8 Å². The molecule has 2 amide bonds. The van der Waals surface area contributed by atoms with Crippen molar-refractivity contribution in [3.63, 3.8) is 0 Å². The summed E-state index contributed by atoms with van der Waals surface area (Å²) in [6, 6.07) is -0.132. The minimum atomic E-state index is -2.98. The van der Waals surface area contributed by atoms with Gasteiger partial charge < -0.3 is 9.80 Å². The quantitative estimate of drug-likeness (QED) is 0.732. The third kappa shape index (κ3) is 3.90. The number of amides is 2. The lowest BCUT2D eigenvalue weighted by atomic mass is 10.1. The molecule has 0 aliphatic carbocycles. The van der Waals surface area contributed by atoms with Gasteiger partial charge in [0.15, 0.2) is 9.84 Å². The lowest BCUT2D eigenvalue weighted by molar-refractivity contribution is -0.130. The Morgan fingerprint density at radius 3 is 2.69 bits per heavy atom. The Hall–Kier alpha value is -1.55. The predicted octanol–water partition coefficient (Wildman–Crippen LogP) is 0.987. The summed E-state index contributed by atoms with van der Waals surface area (Å²) in [4.78, 5) is 27.3. The van der Waals surface area contributed by atoms with Gasteiger partial charge >= 0.3 is 0 Å². The number of hydrogen-bond donors (Lipinski definition) is 0. The fourth-order valence-corrected chi connectivity index (χ4v) is 5.94. The monoisotopic (exact) mass is 400 g/mol. The van der Waals surface area contributed by atoms with Crippen LogP contribution in [0.4, 0.5) is 4.79 Å². The van der Waals surface area contributed by atoms with Crippen LogP contribution >= 0.6 is 11.8 Å². The number of thioether (sulfide) groups is 1. The van der Waals surface area contributed by atoms with E-state index in [0.29, 0.717) is 19.5 Å². The summed E-state index contributed by atoms with van der Waals surface area (Å²) in [5.74, 6) is 0.935. The van der Waals surface area contributed by atoms with E-state index < -0.39 is 9.84 Å². The Bertz CT molecular complexity index is 834. The Balaban J connectivity index is 1.69. The third-order valence-electron chi connectivity index (χ3n) is 5.02. The van der Waals surface area contributed by atoms with Crippen molar-refractivity contribution in [2.45, 2.75) is 32.9 Å². The van der Waals surface area contributed by atoms with E-state index in [1.54, 1.807) is 21.5 Å². The van der Waals surface area contributed by atoms with Crippen molar-refractivity contribution in [3.8, 4) is 0 Å². The highest BCUT2D eigenvalue weighted by molar-refractivity contribution is 8.13. The minimum Gasteiger partial charge on any atom is -0.340 e. The van der Waals surface area contributed by atoms with Crippen molar-refractivity contribution in [2.75, 3.05) is 37.4 Å². The number of aromatic nitrogens is 2. The van der Waals surface area contributed by atoms with Crippen molar-refractivity contribution in [2.24, 2.45) is 0 Å². The van der Waals surface area contributed by atoms with Gasteiger partial charge in [-0.2, -0.15) is 5.10 Å². The summed E-state index contributed by atoms with van der Waals surface area (Å²) in [6.45, 7) is 4.89. The number of nitrogens with zero attached hydrogens (tertiary/aromatic N) is 4. The summed E-state index contributed by atoms with van der Waals surface area (Å²) in [6.07, 6.45) is 0.577. The predicted molar refractivity (Wildman–Crippen MR) is 99.9 cm³/mol. The van der Waals surface area contributed by atoms with Crippen LogP contribution in [0.5, 0.6) is 0 Å². The van der Waals surface area contributed by atoms with Crippen LogP contribution in [0.2, 0.25) is 0 Å². The molecule has 0 N–H and O–H groups in total. The second-order valence-electron chi connectivity index (χ2n) is 6.94. The van der Waals surface area contributed by atoms with Crippen LogP contribution in [-0.4, -0.2) is 76.5 Å². The highest BCUT2D eigenvalue weighted by atomic mass is 32.2. The van der Waals surface area contributed by atoms with E-state index in [4.69, 9.17) is 0 Å². The summed E-state index contributed by atoms with van der Waals surface area (Å²) in [5, 5.41) is 4.48. The molecule has 0 aromatic carbocycles. The molecule has 10 heteroatoms. The standard InChI is InChI=1S/C16H24N4O4S2/c1-11-14(8-18(3)15(21)9-19-5-6-25-16(19)22)12(2)20(17-11)13-4-7-26(23,24)10-13/h13H,4-10H2,1-3H3/t13-/m1/s1. The second-order valence-corrected chi connectivity index (χ2v) is 10.2. The molecule has 0 spiro atoms. The van der Waals surface area contributed by atoms with Gasteiger partial charge in [-0.05, 0) is 20.3 Å². The number of sulfone groups is 1. The number of aryl methyl sites for hydroxylation is 1. The minimum absolute atomic E-state index is 0.0469. The fourth-order valence-electron chi connectivity index (χ4n) is 3.43. The summed E-state index contributed by atoms with van der Waals surface area (Å²) in [5.41, 5.74) is 2.64. The maximum atomic E-state index is 12.4. The Labute approximate surface area is 157 Å². The van der Waals surface area contributed by atoms with Crippen molar-refractivity contribution in [1.82, 2.24) is 19.6 Å². The molecule has 0 radical (unpaired) electrons. The zero-order valence-electron chi connectivity index (χ0n) is 15.3. The largest absolute Gasteiger partial charge is 0.340 e. The Morgan fingerprint density at radius 2 is 2.12 bits per heavy atom. The molecule has 3 heterocycles. The molecule has 1 aromatic heterocycles. The molecule has 2 saturated heterocycles. The smallest absolute Gasteiger partial charge is 0.282 e. The normalized spacial score (nSPS) is 22.2. The van der Waals surface area contributed by atoms with E-state index in [1.165, 1.54) is 11.8 Å². The third-order valence-corrected chi connectivity index (χ3v) is 7.66. The average Bonchev–Trinajstić information content (AvgIpc) is 3.21. The first kappa shape index (κ1) is 19.2. The summed E-state index contributed by atoms with van der Waals surface area (Å²) in [7, 11) is -1.27. The Morgan fingerprint density at radius 1 is 1.38 bits per heavy atom. The van der Waals surface area contributed by atoms with E-state index >= 15 is 0 Å². The molecule has 3 rings (SSSR count). The first-order valence-corrected chi connectivity index (χ1v) is 11.4. The van der Waals surface area contributed by atoms with Gasteiger partial charge in [0.2, 0.25) is 5.91 Å². The van der Waals surface area contributed by atoms with E-state index in [2.05, 4.69) is 5.10 Å². The van der Waals surface area contributed by atoms with E-state index in [-0.39, 0.29) is 35.2 Å². The summed E-state index contributed by atoms with van der Waals surface area (Å²) >= 11 is 1.24. The van der Waals surface area contributed by atoms with Crippen molar-refractivity contribution < 1.29 is 18.0 Å². The molecule has 0 saturated carbocycles. The number of likely N-dealkylation sites (N-methyl/N-ethyl adjacent to an activating group) is 1. The number of carbonyl (C=O) groups is 2. The van der Waals surface area contributed by atoms with Crippen LogP contribution in [0.15, 0.2) is 0 Å². The molecule has 2 aliphatic rings. The van der Waals surface area contributed by atoms with Crippen molar-refractivity contribution in [1.29, 1.82) is 0 Å². The lowest BCUT2D eigenvalue weighted by Gasteiger charge is -2.21. The molecular weight excluding hydrogens is 376 g/mol. The van der Waals surface area contributed by atoms with Crippen LogP contribution in [0.25, 0.3) is 0 Å². The van der Waals surface area contributed by atoms with Gasteiger partial charge in [0, 0.05) is 37.1 Å². The highest BCUT2D eigenvalue weighted by Crippen LogP contribution is 2.27. The van der Waals surface area contributed by atoms with Crippen molar-refractivity contribution in [3.05, 3.63) is 17.0 Å². The van der Waals surface area contributed by atoms with Gasteiger partial charge in [0.05, 0.1) is 23.2 Å². The topological polar surface area (TPSA) is 92.6 Å². The van der Waals surface area contributed by atoms with Gasteiger partial charge in [-0.15, -0.1) is 0 Å². The second kappa shape index (κ2) is 7.22. The van der Waals surface area contributed by atoms with Gasteiger partial charge in [-0.25, -0.2) is 8.42 Å². The van der Waals surface area contributed by atoms with Crippen LogP contribution in [0, 0.1) is 13.8 Å². The SMILES string of the molecule is Cc1nn([C@@H]2CCS(=O)(=O)C2)c(C)c1CN(C)C(=O)CN1CCSC1=O. The van der Waals surface area contributed by atoms with Crippen LogP contribution in [0.1, 0.15) is 29.4 Å². The zero-order valence-corrected chi connectivity index (χ0v) is 16.9. The average molecular weight is 401 g/mol. The number of carbonyl (C=O) groups excluding carboxylic acids is 2. The van der Waals surface area contributed by atoms with Crippen LogP contribution in [-0.2, 0) is 21.2 Å². The van der Waals surface area contributed by atoms with Crippen LogP contribution in [0.3, 0.4) is 0 Å². The maximum absolute atomic E-state index is 12.4. The van der Waals surface area contributed by atoms with Crippen molar-refractivity contribution >= 4 is 32.7 Å². The van der Waals surface area contributed by atoms with Gasteiger partial charge in [-0.1, -0.05) is 11.8 Å². The van der Waals surface area contributed by atoms with Crippen LogP contribution < -0.4 is 0 Å². The zero-order chi connectivity index (χ0) is 19.1. The fraction of sp³-hybridized carbons (Fsp3) is 0.688. The Kier molecular flexibility index (Phi) is 5.34. The maximum Gasteiger partial charge on any atom is 0.282 e. The van der Waals surface area contributed by atoms with E-state index in [9.17, 15) is 18.0 Å². The molecule has 1 atom stereocenters. The molecule has 0 unspecified atom stereocenters.